The van der Waals surface area contributed by atoms with E-state index in [1.165, 1.54) is 0 Å². The smallest absolute Gasteiger partial charge is 0.242 e. The number of carbonyl (C=O) groups excluding carboxylic acids is 1. The lowest BCUT2D eigenvalue weighted by Gasteiger charge is -2.11. The van der Waals surface area contributed by atoms with E-state index in [1.54, 1.807) is 6.07 Å². The highest BCUT2D eigenvalue weighted by Crippen LogP contribution is 2.25. The molecule has 0 saturated carbocycles. The fraction of sp³-hybridized carbons (Fsp3) is 0.235. The summed E-state index contributed by atoms with van der Waals surface area (Å²) in [5, 5.41) is 3.55. The molecule has 0 aromatic heterocycles. The van der Waals surface area contributed by atoms with E-state index < -0.39 is 0 Å². The lowest BCUT2D eigenvalue weighted by atomic mass is 10.0. The molecule has 2 atom stereocenters. The third-order valence-corrected chi connectivity index (χ3v) is 4.87. The number of carbonyl (C=O) groups is 1. The van der Waals surface area contributed by atoms with Crippen LogP contribution in [0.5, 0.6) is 0 Å². The van der Waals surface area contributed by atoms with Gasteiger partial charge in [0.25, 0.3) is 0 Å². The zero-order chi connectivity index (χ0) is 16.4. The van der Waals surface area contributed by atoms with Gasteiger partial charge >= 0.3 is 0 Å². The molecule has 23 heavy (non-hydrogen) atoms. The first kappa shape index (κ1) is 16.5. The van der Waals surface area contributed by atoms with Crippen LogP contribution in [0.1, 0.15) is 23.6 Å². The molecular weight excluding hydrogens is 378 g/mol. The van der Waals surface area contributed by atoms with Crippen molar-refractivity contribution in [3.05, 3.63) is 63.1 Å². The van der Waals surface area contributed by atoms with Crippen LogP contribution in [-0.2, 0) is 4.79 Å². The van der Waals surface area contributed by atoms with Crippen LogP contribution in [0.4, 0.5) is 5.69 Å². The van der Waals surface area contributed by atoms with Crippen molar-refractivity contribution in [1.82, 2.24) is 10.9 Å². The summed E-state index contributed by atoms with van der Waals surface area (Å²) >= 11 is 9.52. The monoisotopic (exact) mass is 393 g/mol. The SMILES string of the molecule is Cc1ccc(NC(=O)C2CC(c3ccc(Br)cc3)NN2)cc1Cl. The molecule has 1 aliphatic heterocycles. The molecule has 1 heterocycles. The van der Waals surface area contributed by atoms with E-state index in [2.05, 4.69) is 32.1 Å². The van der Waals surface area contributed by atoms with E-state index in [1.807, 2.05) is 43.3 Å². The van der Waals surface area contributed by atoms with Gasteiger partial charge in [-0.1, -0.05) is 45.7 Å². The van der Waals surface area contributed by atoms with Gasteiger partial charge in [0.05, 0.1) is 0 Å². The zero-order valence-electron chi connectivity index (χ0n) is 12.6. The van der Waals surface area contributed by atoms with Crippen LogP contribution in [0, 0.1) is 6.92 Å². The Bertz CT molecular complexity index is 720. The normalized spacial score (nSPS) is 20.5. The Morgan fingerprint density at radius 2 is 1.96 bits per heavy atom. The van der Waals surface area contributed by atoms with Crippen molar-refractivity contribution in [3.63, 3.8) is 0 Å². The summed E-state index contributed by atoms with van der Waals surface area (Å²) in [4.78, 5) is 12.4. The van der Waals surface area contributed by atoms with Gasteiger partial charge in [-0.3, -0.25) is 4.79 Å². The first-order valence-electron chi connectivity index (χ1n) is 7.36. The van der Waals surface area contributed by atoms with Crippen molar-refractivity contribution in [1.29, 1.82) is 0 Å². The Kier molecular flexibility index (Phi) is 5.02. The summed E-state index contributed by atoms with van der Waals surface area (Å²) in [6.45, 7) is 1.93. The van der Waals surface area contributed by atoms with E-state index in [0.29, 0.717) is 17.1 Å². The number of rotatable bonds is 3. The average molecular weight is 395 g/mol. The number of anilines is 1. The predicted octanol–water partition coefficient (Wildman–Crippen LogP) is 3.96. The average Bonchev–Trinajstić information content (AvgIpc) is 3.02. The topological polar surface area (TPSA) is 53.2 Å². The lowest BCUT2D eigenvalue weighted by Crippen LogP contribution is -2.39. The molecule has 1 amide bonds. The van der Waals surface area contributed by atoms with Gasteiger partial charge in [-0.15, -0.1) is 0 Å². The fourth-order valence-electron chi connectivity index (χ4n) is 2.54. The van der Waals surface area contributed by atoms with Crippen LogP contribution >= 0.6 is 27.5 Å². The number of halogens is 2. The Morgan fingerprint density at radius 1 is 1.22 bits per heavy atom. The van der Waals surface area contributed by atoms with Crippen molar-refractivity contribution in [2.24, 2.45) is 0 Å². The van der Waals surface area contributed by atoms with Crippen molar-refractivity contribution >= 4 is 39.1 Å². The summed E-state index contributed by atoms with van der Waals surface area (Å²) in [6.07, 6.45) is 0.688. The maximum Gasteiger partial charge on any atom is 0.242 e. The van der Waals surface area contributed by atoms with Crippen molar-refractivity contribution in [2.45, 2.75) is 25.4 Å². The molecule has 1 aliphatic rings. The minimum absolute atomic E-state index is 0.0722. The number of nitrogens with one attached hydrogen (secondary N) is 3. The van der Waals surface area contributed by atoms with Crippen LogP contribution < -0.4 is 16.2 Å². The molecule has 6 heteroatoms. The van der Waals surface area contributed by atoms with Crippen LogP contribution in [0.2, 0.25) is 5.02 Å². The van der Waals surface area contributed by atoms with Gasteiger partial charge in [-0.25, -0.2) is 10.9 Å². The standard InChI is InChI=1S/C17H17BrClN3O/c1-10-2-7-13(8-14(10)19)20-17(23)16-9-15(21-22-16)11-3-5-12(18)6-4-11/h2-8,15-16,21-22H,9H2,1H3,(H,20,23). The number of amides is 1. The largest absolute Gasteiger partial charge is 0.325 e. The predicted molar refractivity (Wildman–Crippen MR) is 96.4 cm³/mol. The Balaban J connectivity index is 1.63. The molecule has 1 saturated heterocycles. The fourth-order valence-corrected chi connectivity index (χ4v) is 2.99. The third kappa shape index (κ3) is 3.93. The first-order chi connectivity index (χ1) is 11.0. The summed E-state index contributed by atoms with van der Waals surface area (Å²) in [5.74, 6) is -0.0722. The molecule has 2 aromatic rings. The van der Waals surface area contributed by atoms with E-state index >= 15 is 0 Å². The summed E-state index contributed by atoms with van der Waals surface area (Å²) in [6, 6.07) is 13.4. The molecule has 3 rings (SSSR count). The molecule has 0 bridgehead atoms. The van der Waals surface area contributed by atoms with E-state index in [-0.39, 0.29) is 18.0 Å². The number of aryl methyl sites for hydroxylation is 1. The third-order valence-electron chi connectivity index (χ3n) is 3.93. The molecule has 0 aliphatic carbocycles. The van der Waals surface area contributed by atoms with Gasteiger partial charge < -0.3 is 5.32 Å². The Hall–Kier alpha value is -1.40. The Morgan fingerprint density at radius 3 is 2.65 bits per heavy atom. The van der Waals surface area contributed by atoms with Crippen LogP contribution in [0.25, 0.3) is 0 Å². The number of hydrogen-bond acceptors (Lipinski definition) is 3. The molecule has 0 radical (unpaired) electrons. The highest BCUT2D eigenvalue weighted by Gasteiger charge is 2.30. The lowest BCUT2D eigenvalue weighted by molar-refractivity contribution is -0.117. The Labute approximate surface area is 148 Å². The van der Waals surface area contributed by atoms with Gasteiger partial charge in [-0.05, 0) is 48.7 Å². The highest BCUT2D eigenvalue weighted by atomic mass is 79.9. The second-order valence-electron chi connectivity index (χ2n) is 5.63. The van der Waals surface area contributed by atoms with E-state index in [0.717, 1.165) is 15.6 Å². The number of hydrazine groups is 1. The van der Waals surface area contributed by atoms with Gasteiger partial charge in [0.2, 0.25) is 5.91 Å². The maximum atomic E-state index is 12.4. The van der Waals surface area contributed by atoms with Gasteiger partial charge in [0, 0.05) is 21.2 Å². The van der Waals surface area contributed by atoms with E-state index in [4.69, 9.17) is 11.6 Å². The van der Waals surface area contributed by atoms with Crippen molar-refractivity contribution < 1.29 is 4.79 Å². The quantitative estimate of drug-likeness (QED) is 0.738. The molecular formula is C17H17BrClN3O. The molecule has 120 valence electrons. The highest BCUT2D eigenvalue weighted by molar-refractivity contribution is 9.10. The summed E-state index contributed by atoms with van der Waals surface area (Å²) in [5.41, 5.74) is 9.08. The number of benzene rings is 2. The minimum atomic E-state index is -0.288. The first-order valence-corrected chi connectivity index (χ1v) is 8.53. The molecule has 2 unspecified atom stereocenters. The summed E-state index contributed by atoms with van der Waals surface area (Å²) in [7, 11) is 0. The number of hydrogen-bond donors (Lipinski definition) is 3. The second kappa shape index (κ2) is 7.01. The van der Waals surface area contributed by atoms with Crippen molar-refractivity contribution in [2.75, 3.05) is 5.32 Å². The molecule has 0 spiro atoms. The van der Waals surface area contributed by atoms with Crippen LogP contribution in [-0.4, -0.2) is 11.9 Å². The molecule has 3 N–H and O–H groups in total. The van der Waals surface area contributed by atoms with Gasteiger partial charge in [-0.2, -0.15) is 0 Å². The second-order valence-corrected chi connectivity index (χ2v) is 6.96. The molecule has 4 nitrogen and oxygen atoms in total. The zero-order valence-corrected chi connectivity index (χ0v) is 14.9. The van der Waals surface area contributed by atoms with Crippen molar-refractivity contribution in [3.8, 4) is 0 Å². The molecule has 2 aromatic carbocycles. The minimum Gasteiger partial charge on any atom is -0.325 e. The molecule has 1 fully saturated rings. The van der Waals surface area contributed by atoms with Gasteiger partial charge in [0.15, 0.2) is 0 Å². The van der Waals surface area contributed by atoms with Crippen LogP contribution in [0.15, 0.2) is 46.9 Å². The van der Waals surface area contributed by atoms with Gasteiger partial charge in [0.1, 0.15) is 6.04 Å². The summed E-state index contributed by atoms with van der Waals surface area (Å²) < 4.78 is 1.04. The maximum absolute atomic E-state index is 12.4. The van der Waals surface area contributed by atoms with E-state index in [9.17, 15) is 4.79 Å². The van der Waals surface area contributed by atoms with Crippen LogP contribution in [0.3, 0.4) is 0 Å².